The third-order valence-electron chi connectivity index (χ3n) is 13.0. The van der Waals surface area contributed by atoms with Gasteiger partial charge in [0.25, 0.3) is 0 Å². The van der Waals surface area contributed by atoms with Gasteiger partial charge in [-0.05, 0) is 145 Å². The lowest BCUT2D eigenvalue weighted by molar-refractivity contribution is 0.578. The minimum Gasteiger partial charge on any atom is -0.335 e. The van der Waals surface area contributed by atoms with Crippen molar-refractivity contribution in [2.75, 3.05) is 9.80 Å². The number of benzene rings is 4. The normalized spacial score (nSPS) is 18.4. The van der Waals surface area contributed by atoms with E-state index in [4.69, 9.17) is 0 Å². The molecule has 0 aromatic heterocycles. The Balaban J connectivity index is 1.04. The third kappa shape index (κ3) is 9.98. The van der Waals surface area contributed by atoms with Crippen LogP contribution in [0.15, 0.2) is 261 Å². The van der Waals surface area contributed by atoms with Gasteiger partial charge in [0, 0.05) is 40.3 Å². The molecule has 320 valence electrons. The molecule has 4 atom stereocenters. The van der Waals surface area contributed by atoms with Gasteiger partial charge in [-0.25, -0.2) is 0 Å². The maximum absolute atomic E-state index is 4.20. The average molecular weight is 835 g/mol. The number of anilines is 3. The van der Waals surface area contributed by atoms with Crippen LogP contribution in [0, 0.1) is 11.8 Å². The highest BCUT2D eigenvalue weighted by Crippen LogP contribution is 2.41. The molecule has 0 heterocycles. The Morgan fingerprint density at radius 3 is 1.86 bits per heavy atom. The summed E-state index contributed by atoms with van der Waals surface area (Å²) < 4.78 is 0. The molecule has 0 radical (unpaired) electrons. The standard InChI is InChI=1S/C62H62N2/c1-5-21-47(7-3)61(50-23-13-9-14-24-50)53-35-43-58(44-36-53)63(55(8-4)22-6-2)57-39-31-48(32-40-57)49-33-41-59(42-34-49)64(56-29-19-12-20-30-56)60-45-37-54(38-46-60)62(51-25-15-10-16-26-51)52-27-17-11-18-28-52/h5-10,13-15,17,19,22-25,27-45,47,60-62H,1-4,11-12,16,18,20-21,26,46H2. The molecule has 4 unspecified atom stereocenters. The summed E-state index contributed by atoms with van der Waals surface area (Å²) in [6, 6.07) is 37.9. The van der Waals surface area contributed by atoms with Crippen LogP contribution in [0.4, 0.5) is 17.1 Å². The van der Waals surface area contributed by atoms with Crippen molar-refractivity contribution in [3.8, 4) is 11.1 Å². The van der Waals surface area contributed by atoms with E-state index in [0.717, 1.165) is 68.4 Å². The topological polar surface area (TPSA) is 6.48 Å². The van der Waals surface area contributed by atoms with E-state index < -0.39 is 0 Å². The molecule has 4 aliphatic rings. The molecule has 0 bridgehead atoms. The van der Waals surface area contributed by atoms with E-state index in [1.165, 1.54) is 50.4 Å². The van der Waals surface area contributed by atoms with Gasteiger partial charge in [-0.3, -0.25) is 0 Å². The van der Waals surface area contributed by atoms with Crippen LogP contribution < -0.4 is 9.80 Å². The number of rotatable bonds is 18. The molecular formula is C62H62N2. The second-order valence-corrected chi connectivity index (χ2v) is 17.0. The Morgan fingerprint density at radius 1 is 0.641 bits per heavy atom. The molecule has 4 aliphatic carbocycles. The van der Waals surface area contributed by atoms with Crippen LogP contribution in [0.1, 0.15) is 68.4 Å². The molecule has 0 aliphatic heterocycles. The molecule has 0 saturated carbocycles. The van der Waals surface area contributed by atoms with Gasteiger partial charge in [0.2, 0.25) is 0 Å². The van der Waals surface area contributed by atoms with Crippen molar-refractivity contribution in [3.63, 3.8) is 0 Å². The fraction of sp³-hybridized carbons (Fsp3) is 0.194. The highest BCUT2D eigenvalue weighted by molar-refractivity contribution is 5.75. The van der Waals surface area contributed by atoms with E-state index in [0.29, 0.717) is 5.92 Å². The second-order valence-electron chi connectivity index (χ2n) is 17.0. The first kappa shape index (κ1) is 43.7. The Hall–Kier alpha value is -6.90. The van der Waals surface area contributed by atoms with Crippen LogP contribution >= 0.6 is 0 Å². The van der Waals surface area contributed by atoms with Crippen LogP contribution in [-0.2, 0) is 0 Å². The number of allylic oxidation sites excluding steroid dienone is 18. The fourth-order valence-corrected chi connectivity index (χ4v) is 9.83. The molecule has 0 saturated heterocycles. The van der Waals surface area contributed by atoms with E-state index >= 15 is 0 Å². The monoisotopic (exact) mass is 834 g/mol. The highest BCUT2D eigenvalue weighted by Gasteiger charge is 2.27. The Morgan fingerprint density at radius 2 is 1.30 bits per heavy atom. The second kappa shape index (κ2) is 21.5. The van der Waals surface area contributed by atoms with Crippen molar-refractivity contribution in [2.45, 2.75) is 63.3 Å². The molecule has 0 N–H and O–H groups in total. The third-order valence-corrected chi connectivity index (χ3v) is 13.0. The Kier molecular flexibility index (Phi) is 14.7. The Labute approximate surface area is 383 Å². The zero-order valence-electron chi connectivity index (χ0n) is 37.3. The first-order chi connectivity index (χ1) is 31.6. The van der Waals surface area contributed by atoms with E-state index in [1.807, 2.05) is 24.3 Å². The van der Waals surface area contributed by atoms with Crippen LogP contribution in [0.2, 0.25) is 0 Å². The summed E-state index contributed by atoms with van der Waals surface area (Å²) in [6.07, 6.45) is 46.7. The molecule has 0 amide bonds. The highest BCUT2D eigenvalue weighted by atomic mass is 15.2. The minimum atomic E-state index is 0.168. The predicted octanol–water partition coefficient (Wildman–Crippen LogP) is 16.7. The van der Waals surface area contributed by atoms with Crippen LogP contribution in [0.25, 0.3) is 11.1 Å². The first-order valence-corrected chi connectivity index (χ1v) is 23.2. The zero-order chi connectivity index (χ0) is 44.1. The molecule has 8 rings (SSSR count). The number of hydrogen-bond donors (Lipinski definition) is 0. The predicted molar refractivity (Wildman–Crippen MR) is 277 cm³/mol. The van der Waals surface area contributed by atoms with Crippen LogP contribution in [0.3, 0.4) is 0 Å². The molecule has 0 spiro atoms. The van der Waals surface area contributed by atoms with Gasteiger partial charge in [0.15, 0.2) is 0 Å². The number of hydrogen-bond acceptors (Lipinski definition) is 2. The summed E-state index contributed by atoms with van der Waals surface area (Å²) in [5.74, 6) is 0.728. The lowest BCUT2D eigenvalue weighted by Crippen LogP contribution is -2.34. The summed E-state index contributed by atoms with van der Waals surface area (Å²) in [5.41, 5.74) is 14.8. The molecule has 0 fully saturated rings. The van der Waals surface area contributed by atoms with Gasteiger partial charge >= 0.3 is 0 Å². The van der Waals surface area contributed by atoms with Crippen LogP contribution in [0.5, 0.6) is 0 Å². The zero-order valence-corrected chi connectivity index (χ0v) is 37.3. The minimum absolute atomic E-state index is 0.168. The molecule has 64 heavy (non-hydrogen) atoms. The van der Waals surface area contributed by atoms with Crippen molar-refractivity contribution in [3.05, 3.63) is 272 Å². The lowest BCUT2D eigenvalue weighted by atomic mass is 9.77. The van der Waals surface area contributed by atoms with Crippen molar-refractivity contribution in [2.24, 2.45) is 11.8 Å². The van der Waals surface area contributed by atoms with Crippen molar-refractivity contribution in [1.82, 2.24) is 0 Å². The van der Waals surface area contributed by atoms with Gasteiger partial charge in [-0.15, -0.1) is 13.2 Å². The largest absolute Gasteiger partial charge is 0.335 e. The lowest BCUT2D eigenvalue weighted by Gasteiger charge is -2.36. The molecule has 2 heteroatoms. The van der Waals surface area contributed by atoms with E-state index in [2.05, 4.69) is 218 Å². The van der Waals surface area contributed by atoms with E-state index in [1.54, 1.807) is 0 Å². The van der Waals surface area contributed by atoms with Crippen molar-refractivity contribution < 1.29 is 0 Å². The quantitative estimate of drug-likeness (QED) is 0.0728. The SMILES string of the molecule is C=CC=C(C=C)N(c1ccc(-c2ccc(N(C3=CCCC=C3)C3C=CC(C(C4=CCCC=C4)C4=CC=CCC4)=CC3)cc2)cc1)c1ccc(C(c2ccccc2)C(C=C)CC=C)cc1. The Bertz CT molecular complexity index is 2560. The summed E-state index contributed by atoms with van der Waals surface area (Å²) in [6.45, 7) is 16.5. The van der Waals surface area contributed by atoms with Gasteiger partial charge in [0.05, 0.1) is 6.04 Å². The summed E-state index contributed by atoms with van der Waals surface area (Å²) in [5, 5.41) is 0. The van der Waals surface area contributed by atoms with Crippen molar-refractivity contribution >= 4 is 17.1 Å². The van der Waals surface area contributed by atoms with Gasteiger partial charge in [-0.2, -0.15) is 0 Å². The van der Waals surface area contributed by atoms with Gasteiger partial charge < -0.3 is 9.80 Å². The molecule has 4 aromatic carbocycles. The summed E-state index contributed by atoms with van der Waals surface area (Å²) in [7, 11) is 0. The van der Waals surface area contributed by atoms with Crippen LogP contribution in [-0.4, -0.2) is 6.04 Å². The molecule has 2 nitrogen and oxygen atoms in total. The van der Waals surface area contributed by atoms with Gasteiger partial charge in [0.1, 0.15) is 0 Å². The first-order valence-electron chi connectivity index (χ1n) is 23.2. The van der Waals surface area contributed by atoms with Gasteiger partial charge in [-0.1, -0.05) is 171 Å². The van der Waals surface area contributed by atoms with E-state index in [9.17, 15) is 0 Å². The smallest absolute Gasteiger partial charge is 0.0559 e. The average Bonchev–Trinajstić information content (AvgIpc) is 3.36. The maximum Gasteiger partial charge on any atom is 0.0559 e. The maximum atomic E-state index is 4.20. The molecule has 4 aromatic rings. The van der Waals surface area contributed by atoms with E-state index in [-0.39, 0.29) is 17.9 Å². The summed E-state index contributed by atoms with van der Waals surface area (Å²) >= 11 is 0. The number of nitrogens with zero attached hydrogens (tertiary/aromatic N) is 2. The van der Waals surface area contributed by atoms with Crippen molar-refractivity contribution in [1.29, 1.82) is 0 Å². The fourth-order valence-electron chi connectivity index (χ4n) is 9.83. The summed E-state index contributed by atoms with van der Waals surface area (Å²) in [4.78, 5) is 4.78. The molecular weight excluding hydrogens is 773 g/mol.